The van der Waals surface area contributed by atoms with Crippen LogP contribution in [0.1, 0.15) is 43.7 Å². The summed E-state index contributed by atoms with van der Waals surface area (Å²) in [5, 5.41) is 3.46. The molecule has 4 aliphatic rings. The first-order valence-corrected chi connectivity index (χ1v) is 14.1. The van der Waals surface area contributed by atoms with Gasteiger partial charge in [0.25, 0.3) is 0 Å². The summed E-state index contributed by atoms with van der Waals surface area (Å²) in [5.41, 5.74) is 6.84. The van der Waals surface area contributed by atoms with E-state index in [-0.39, 0.29) is 25.5 Å². The SMILES string of the molecule is CCOC(=O)[C@@]12C[C@H]1/C=C\COCCC[C@H](N)C(=O)N1C[C@H](OC(=O)N3Cc4cccc(Cl)c4C3)C[C@H]1C(=O)N2. The third-order valence-electron chi connectivity index (χ3n) is 8.00. The Morgan fingerprint density at radius 3 is 2.88 bits per heavy atom. The quantitative estimate of drug-likeness (QED) is 0.412. The largest absolute Gasteiger partial charge is 0.464 e. The monoisotopic (exact) mass is 574 g/mol. The molecule has 3 amide bonds. The number of benzene rings is 1. The summed E-state index contributed by atoms with van der Waals surface area (Å²) >= 11 is 6.29. The minimum atomic E-state index is -1.21. The smallest absolute Gasteiger partial charge is 0.410 e. The van der Waals surface area contributed by atoms with Crippen LogP contribution in [0.2, 0.25) is 5.02 Å². The first-order valence-electron chi connectivity index (χ1n) is 13.7. The van der Waals surface area contributed by atoms with Gasteiger partial charge in [-0.1, -0.05) is 35.9 Å². The average Bonchev–Trinajstić information content (AvgIpc) is 3.24. The van der Waals surface area contributed by atoms with E-state index in [2.05, 4.69) is 5.32 Å². The molecule has 0 bridgehead atoms. The zero-order valence-corrected chi connectivity index (χ0v) is 23.2. The van der Waals surface area contributed by atoms with E-state index in [0.717, 1.165) is 11.1 Å². The lowest BCUT2D eigenvalue weighted by atomic mass is 10.1. The number of carbonyl (C=O) groups excluding carboxylic acids is 4. The molecule has 1 saturated carbocycles. The number of fused-ring (bicyclic) bond motifs is 3. The van der Waals surface area contributed by atoms with Gasteiger partial charge >= 0.3 is 12.1 Å². The van der Waals surface area contributed by atoms with Gasteiger partial charge in [0.05, 0.1) is 32.3 Å². The van der Waals surface area contributed by atoms with Crippen molar-refractivity contribution < 1.29 is 33.4 Å². The molecule has 1 saturated heterocycles. The average molecular weight is 575 g/mol. The maximum atomic E-state index is 13.6. The summed E-state index contributed by atoms with van der Waals surface area (Å²) in [6.07, 6.45) is 3.80. The molecule has 1 aliphatic carbocycles. The van der Waals surface area contributed by atoms with Gasteiger partial charge in [-0.05, 0) is 43.4 Å². The highest BCUT2D eigenvalue weighted by atomic mass is 35.5. The second kappa shape index (κ2) is 11.8. The van der Waals surface area contributed by atoms with Crippen LogP contribution in [0.15, 0.2) is 30.4 Å². The molecule has 11 nitrogen and oxygen atoms in total. The minimum Gasteiger partial charge on any atom is -0.464 e. The predicted molar refractivity (Wildman–Crippen MR) is 144 cm³/mol. The number of ether oxygens (including phenoxy) is 3. The van der Waals surface area contributed by atoms with Crippen molar-refractivity contribution in [1.29, 1.82) is 0 Å². The van der Waals surface area contributed by atoms with Crippen LogP contribution in [0.3, 0.4) is 0 Å². The molecule has 5 rings (SSSR count). The highest BCUT2D eigenvalue weighted by Gasteiger charge is 2.62. The van der Waals surface area contributed by atoms with E-state index in [1.165, 1.54) is 9.80 Å². The van der Waals surface area contributed by atoms with Gasteiger partial charge < -0.3 is 30.2 Å². The molecule has 0 unspecified atom stereocenters. The molecule has 40 heavy (non-hydrogen) atoms. The lowest BCUT2D eigenvalue weighted by Crippen LogP contribution is -2.55. The minimum absolute atomic E-state index is 0.0180. The molecule has 3 heterocycles. The molecule has 1 aromatic rings. The zero-order chi connectivity index (χ0) is 28.4. The van der Waals surface area contributed by atoms with Crippen LogP contribution >= 0.6 is 11.6 Å². The Hall–Kier alpha value is -3.15. The Balaban J connectivity index is 1.33. The molecule has 0 spiro atoms. The highest BCUT2D eigenvalue weighted by Crippen LogP contribution is 2.46. The van der Waals surface area contributed by atoms with Gasteiger partial charge in [-0.3, -0.25) is 14.5 Å². The van der Waals surface area contributed by atoms with Crippen molar-refractivity contribution in [2.24, 2.45) is 11.7 Å². The van der Waals surface area contributed by atoms with Gasteiger partial charge in [0, 0.05) is 30.5 Å². The number of carbonyl (C=O) groups is 4. The number of rotatable bonds is 3. The molecule has 5 atom stereocenters. The number of amides is 3. The summed E-state index contributed by atoms with van der Waals surface area (Å²) in [5.74, 6) is -1.69. The van der Waals surface area contributed by atoms with Gasteiger partial charge in [-0.25, -0.2) is 9.59 Å². The fourth-order valence-corrected chi connectivity index (χ4v) is 5.98. The molecule has 1 aromatic carbocycles. The predicted octanol–water partition coefficient (Wildman–Crippen LogP) is 1.89. The summed E-state index contributed by atoms with van der Waals surface area (Å²) in [6.45, 7) is 3.33. The third kappa shape index (κ3) is 5.68. The molecule has 0 aromatic heterocycles. The van der Waals surface area contributed by atoms with Crippen molar-refractivity contribution >= 4 is 35.5 Å². The fraction of sp³-hybridized carbons (Fsp3) is 0.571. The number of hydrogen-bond donors (Lipinski definition) is 2. The number of nitrogens with zero attached hydrogens (tertiary/aromatic N) is 2. The lowest BCUT2D eigenvalue weighted by molar-refractivity contribution is -0.150. The van der Waals surface area contributed by atoms with Crippen LogP contribution in [-0.2, 0) is 41.7 Å². The molecular formula is C28H35ClN4O7. The number of hydrogen-bond acceptors (Lipinski definition) is 8. The van der Waals surface area contributed by atoms with Crippen molar-refractivity contribution in [2.45, 2.75) is 69.4 Å². The van der Waals surface area contributed by atoms with Crippen LogP contribution in [-0.4, -0.2) is 83.8 Å². The van der Waals surface area contributed by atoms with Crippen molar-refractivity contribution in [3.63, 3.8) is 0 Å². The number of nitrogens with one attached hydrogen (secondary N) is 1. The van der Waals surface area contributed by atoms with Crippen LogP contribution in [0, 0.1) is 5.92 Å². The maximum absolute atomic E-state index is 13.6. The third-order valence-corrected chi connectivity index (χ3v) is 8.36. The van der Waals surface area contributed by atoms with Crippen LogP contribution < -0.4 is 11.1 Å². The fourth-order valence-electron chi connectivity index (χ4n) is 5.73. The van der Waals surface area contributed by atoms with Gasteiger partial charge in [0.15, 0.2) is 0 Å². The Morgan fingerprint density at radius 2 is 2.10 bits per heavy atom. The first kappa shape index (κ1) is 28.4. The van der Waals surface area contributed by atoms with E-state index in [1.807, 2.05) is 24.3 Å². The maximum Gasteiger partial charge on any atom is 0.410 e. The van der Waals surface area contributed by atoms with Crippen molar-refractivity contribution in [1.82, 2.24) is 15.1 Å². The van der Waals surface area contributed by atoms with E-state index in [4.69, 9.17) is 31.5 Å². The number of esters is 1. The van der Waals surface area contributed by atoms with E-state index in [9.17, 15) is 19.2 Å². The molecule has 0 radical (unpaired) electrons. The Bertz CT molecular complexity index is 1210. The molecule has 216 valence electrons. The number of halogens is 1. The van der Waals surface area contributed by atoms with E-state index in [1.54, 1.807) is 13.0 Å². The first-order chi connectivity index (χ1) is 19.2. The Labute approximate surface area is 237 Å². The number of nitrogens with two attached hydrogens (primary N) is 1. The topological polar surface area (TPSA) is 140 Å². The second-order valence-electron chi connectivity index (χ2n) is 10.7. The van der Waals surface area contributed by atoms with Crippen molar-refractivity contribution in [2.75, 3.05) is 26.4 Å². The van der Waals surface area contributed by atoms with Gasteiger partial charge in [0.1, 0.15) is 17.7 Å². The van der Waals surface area contributed by atoms with Gasteiger partial charge in [-0.15, -0.1) is 0 Å². The molecular weight excluding hydrogens is 540 g/mol. The highest BCUT2D eigenvalue weighted by molar-refractivity contribution is 6.31. The molecule has 2 fully saturated rings. The van der Waals surface area contributed by atoms with Gasteiger partial charge in [0.2, 0.25) is 11.8 Å². The standard InChI is InChI=1S/C28H35ClN4O7/c1-2-39-26(36)28-13-18(28)7-4-10-38-11-5-9-22(30)25(35)33-15-19(12-23(33)24(34)31-28)40-27(37)32-14-17-6-3-8-21(29)20(17)16-32/h3-4,6-8,18-19,22-23H,2,5,9-16,30H2,1H3,(H,31,34)/b7-4-/t18-,19-,22+,23+,28-/m1/s1. The van der Waals surface area contributed by atoms with Crippen molar-refractivity contribution in [3.8, 4) is 0 Å². The molecule has 12 heteroatoms. The zero-order valence-electron chi connectivity index (χ0n) is 22.5. The lowest BCUT2D eigenvalue weighted by Gasteiger charge is -2.28. The summed E-state index contributed by atoms with van der Waals surface area (Å²) < 4.78 is 16.7. The summed E-state index contributed by atoms with van der Waals surface area (Å²) in [6, 6.07) is 3.72. The van der Waals surface area contributed by atoms with Crippen LogP contribution in [0.5, 0.6) is 0 Å². The second-order valence-corrected chi connectivity index (χ2v) is 11.1. The van der Waals surface area contributed by atoms with E-state index >= 15 is 0 Å². The normalized spacial score (nSPS) is 31.2. The Morgan fingerprint density at radius 1 is 1.27 bits per heavy atom. The van der Waals surface area contributed by atoms with Gasteiger partial charge in [-0.2, -0.15) is 0 Å². The molecule has 3 N–H and O–H groups in total. The molecule has 3 aliphatic heterocycles. The summed E-state index contributed by atoms with van der Waals surface area (Å²) in [7, 11) is 0. The van der Waals surface area contributed by atoms with Crippen LogP contribution in [0.4, 0.5) is 4.79 Å². The van der Waals surface area contributed by atoms with E-state index < -0.39 is 47.6 Å². The Kier molecular flexibility index (Phi) is 8.34. The van der Waals surface area contributed by atoms with E-state index in [0.29, 0.717) is 50.6 Å². The van der Waals surface area contributed by atoms with Crippen LogP contribution in [0.25, 0.3) is 0 Å². The van der Waals surface area contributed by atoms with Crippen molar-refractivity contribution in [3.05, 3.63) is 46.5 Å². The summed E-state index contributed by atoms with van der Waals surface area (Å²) in [4.78, 5) is 55.9.